The van der Waals surface area contributed by atoms with Gasteiger partial charge in [-0.1, -0.05) is 0 Å². The van der Waals surface area contributed by atoms with Gasteiger partial charge in [0.1, 0.15) is 23.3 Å². The van der Waals surface area contributed by atoms with E-state index in [1.807, 2.05) is 6.92 Å². The molecule has 6 rings (SSSR count). The highest BCUT2D eigenvalue weighted by Crippen LogP contribution is 2.51. The smallest absolute Gasteiger partial charge is 0.454 e. The van der Waals surface area contributed by atoms with Gasteiger partial charge >= 0.3 is 7.60 Å². The van der Waals surface area contributed by atoms with Gasteiger partial charge in [0.25, 0.3) is 0 Å². The first-order chi connectivity index (χ1) is 18.0. The third-order valence-electron chi connectivity index (χ3n) is 5.58. The van der Waals surface area contributed by atoms with Crippen molar-refractivity contribution in [1.82, 2.24) is 19.5 Å². The molecule has 0 spiro atoms. The summed E-state index contributed by atoms with van der Waals surface area (Å²) in [5.41, 5.74) is 6.94. The molecule has 2 N–H and O–H groups in total. The maximum absolute atomic E-state index is 13.9. The van der Waals surface area contributed by atoms with Crippen molar-refractivity contribution in [2.75, 3.05) is 25.7 Å². The summed E-state index contributed by atoms with van der Waals surface area (Å²) in [6, 6.07) is 9.75. The van der Waals surface area contributed by atoms with E-state index < -0.39 is 13.7 Å². The van der Waals surface area contributed by atoms with Crippen LogP contribution >= 0.6 is 7.60 Å². The van der Waals surface area contributed by atoms with Gasteiger partial charge in [0, 0.05) is 12.1 Å². The van der Waals surface area contributed by atoms with Crippen molar-refractivity contribution in [3.8, 4) is 34.5 Å². The van der Waals surface area contributed by atoms with Crippen molar-refractivity contribution in [1.29, 1.82) is 0 Å². The molecule has 14 heteroatoms. The van der Waals surface area contributed by atoms with E-state index in [4.69, 9.17) is 38.5 Å². The molecular formula is C23H22N5O8P. The Kier molecular flexibility index (Phi) is 5.85. The number of aromatic nitrogens is 4. The van der Waals surface area contributed by atoms with Gasteiger partial charge in [-0.25, -0.2) is 19.5 Å². The van der Waals surface area contributed by atoms with Gasteiger partial charge in [-0.15, -0.1) is 0 Å². The number of nitrogen functional groups attached to an aromatic ring is 1. The summed E-state index contributed by atoms with van der Waals surface area (Å²) in [5, 5.41) is 0. The van der Waals surface area contributed by atoms with Crippen molar-refractivity contribution in [3.05, 3.63) is 49.1 Å². The van der Waals surface area contributed by atoms with Crippen LogP contribution in [0.5, 0.6) is 34.5 Å². The van der Waals surface area contributed by atoms with Gasteiger partial charge < -0.3 is 43.0 Å². The second kappa shape index (κ2) is 9.34. The highest BCUT2D eigenvalue weighted by molar-refractivity contribution is 7.54. The molecule has 4 aromatic rings. The largest absolute Gasteiger partial charge is 0.456 e. The quantitative estimate of drug-likeness (QED) is 0.317. The molecule has 0 saturated carbocycles. The second-order valence-electron chi connectivity index (χ2n) is 8.26. The average molecular weight is 527 g/mol. The molecule has 0 aliphatic carbocycles. The summed E-state index contributed by atoms with van der Waals surface area (Å²) in [4.78, 5) is 12.4. The van der Waals surface area contributed by atoms with Gasteiger partial charge in [0.05, 0.1) is 19.0 Å². The standard InChI is InChI=1S/C23H22N5O8P/c1-14(8-28-10-27-21-22(24)25-9-26-23(21)28)34-13-37(29,35-15-2-4-17-19(6-15)32-11-30-17)36-16-3-5-18-20(7-16)33-12-31-18/h2-7,9-10,14H,8,11-13H2,1H3,(H2,24,25,26). The predicted molar refractivity (Wildman–Crippen MR) is 129 cm³/mol. The monoisotopic (exact) mass is 527 g/mol. The first kappa shape index (κ1) is 23.2. The minimum Gasteiger partial charge on any atom is -0.454 e. The average Bonchev–Trinajstić information content (AvgIpc) is 3.63. The molecule has 4 heterocycles. The SMILES string of the molecule is CC(Cn1cnc2c(N)ncnc21)OCP(=O)(Oc1ccc2c(c1)OCO2)Oc1ccc2c(c1)OCO2. The zero-order valence-electron chi connectivity index (χ0n) is 19.6. The Bertz CT molecular complexity index is 1450. The summed E-state index contributed by atoms with van der Waals surface area (Å²) < 4.78 is 54.9. The van der Waals surface area contributed by atoms with Gasteiger partial charge in [-0.2, -0.15) is 0 Å². The molecule has 0 bridgehead atoms. The number of fused-ring (bicyclic) bond motifs is 3. The Hall–Kier alpha value is -4.22. The van der Waals surface area contributed by atoms with E-state index in [0.717, 1.165) is 0 Å². The van der Waals surface area contributed by atoms with Crippen LogP contribution in [0.25, 0.3) is 11.2 Å². The minimum atomic E-state index is -3.90. The topological polar surface area (TPSA) is 151 Å². The van der Waals surface area contributed by atoms with Crippen LogP contribution < -0.4 is 33.7 Å². The van der Waals surface area contributed by atoms with Crippen LogP contribution in [0.1, 0.15) is 6.92 Å². The zero-order chi connectivity index (χ0) is 25.4. The van der Waals surface area contributed by atoms with Crippen LogP contribution in [0, 0.1) is 0 Å². The van der Waals surface area contributed by atoms with Crippen molar-refractivity contribution < 1.29 is 37.3 Å². The number of hydrogen-bond acceptors (Lipinski definition) is 12. The van der Waals surface area contributed by atoms with Crippen molar-refractivity contribution in [3.63, 3.8) is 0 Å². The van der Waals surface area contributed by atoms with Gasteiger partial charge in [-0.3, -0.25) is 0 Å². The van der Waals surface area contributed by atoms with E-state index in [0.29, 0.717) is 40.7 Å². The van der Waals surface area contributed by atoms with Crippen molar-refractivity contribution in [2.24, 2.45) is 0 Å². The molecule has 0 fully saturated rings. The molecule has 2 aromatic heterocycles. The predicted octanol–water partition coefficient (Wildman–Crippen LogP) is 3.58. The second-order valence-corrected chi connectivity index (χ2v) is 10.1. The summed E-state index contributed by atoms with van der Waals surface area (Å²) in [7, 11) is -3.90. The lowest BCUT2D eigenvalue weighted by molar-refractivity contribution is 0.0780. The molecule has 192 valence electrons. The molecule has 2 aromatic carbocycles. The molecule has 1 atom stereocenters. The number of rotatable bonds is 9. The molecule has 13 nitrogen and oxygen atoms in total. The Labute approximate surface area is 210 Å². The zero-order valence-corrected chi connectivity index (χ0v) is 20.5. The van der Waals surface area contributed by atoms with E-state index >= 15 is 0 Å². The lowest BCUT2D eigenvalue weighted by Gasteiger charge is -2.22. The first-order valence-electron chi connectivity index (χ1n) is 11.3. The molecule has 2 aliphatic heterocycles. The minimum absolute atomic E-state index is 0.101. The van der Waals surface area contributed by atoms with Crippen LogP contribution in [0.4, 0.5) is 5.82 Å². The third kappa shape index (κ3) is 4.78. The van der Waals surface area contributed by atoms with E-state index in [9.17, 15) is 4.57 Å². The Morgan fingerprint density at radius 3 is 2.22 bits per heavy atom. The van der Waals surface area contributed by atoms with Gasteiger partial charge in [-0.05, 0) is 31.2 Å². The number of nitrogens with zero attached hydrogens (tertiary/aromatic N) is 4. The number of ether oxygens (including phenoxy) is 5. The number of hydrogen-bond donors (Lipinski definition) is 1. The van der Waals surface area contributed by atoms with E-state index in [1.165, 1.54) is 6.33 Å². The Morgan fingerprint density at radius 1 is 0.946 bits per heavy atom. The fourth-order valence-electron chi connectivity index (χ4n) is 3.84. The Balaban J connectivity index is 1.20. The van der Waals surface area contributed by atoms with Crippen molar-refractivity contribution >= 4 is 24.6 Å². The maximum atomic E-state index is 13.9. The normalized spacial score (nSPS) is 14.6. The Morgan fingerprint density at radius 2 is 1.57 bits per heavy atom. The van der Waals surface area contributed by atoms with E-state index in [-0.39, 0.29) is 37.3 Å². The van der Waals surface area contributed by atoms with Gasteiger partial charge in [0.2, 0.25) is 13.6 Å². The number of benzene rings is 2. The van der Waals surface area contributed by atoms with Crippen LogP contribution in [-0.2, 0) is 15.8 Å². The lowest BCUT2D eigenvalue weighted by atomic mass is 10.3. The number of imidazole rings is 1. The third-order valence-corrected chi connectivity index (χ3v) is 7.02. The van der Waals surface area contributed by atoms with Crippen LogP contribution in [0.15, 0.2) is 49.1 Å². The number of anilines is 1. The maximum Gasteiger partial charge on any atom is 0.456 e. The van der Waals surface area contributed by atoms with Crippen LogP contribution in [0.3, 0.4) is 0 Å². The summed E-state index contributed by atoms with van der Waals surface area (Å²) >= 11 is 0. The van der Waals surface area contributed by atoms with E-state index in [2.05, 4.69) is 15.0 Å². The fraction of sp³-hybridized carbons (Fsp3) is 0.261. The first-order valence-corrected chi connectivity index (χ1v) is 13.0. The van der Waals surface area contributed by atoms with Crippen LogP contribution in [-0.4, -0.2) is 45.6 Å². The highest BCUT2D eigenvalue weighted by Gasteiger charge is 2.32. The highest BCUT2D eigenvalue weighted by atomic mass is 31.2. The molecule has 0 saturated heterocycles. The molecule has 0 radical (unpaired) electrons. The molecule has 1 unspecified atom stereocenters. The summed E-state index contributed by atoms with van der Waals surface area (Å²) in [5.74, 6) is 2.94. The fourth-order valence-corrected chi connectivity index (χ4v) is 5.29. The molecule has 0 amide bonds. The van der Waals surface area contributed by atoms with Crippen molar-refractivity contribution in [2.45, 2.75) is 19.6 Å². The molecular weight excluding hydrogens is 505 g/mol. The van der Waals surface area contributed by atoms with Crippen LogP contribution in [0.2, 0.25) is 0 Å². The molecule has 37 heavy (non-hydrogen) atoms. The summed E-state index contributed by atoms with van der Waals surface area (Å²) in [6.45, 7) is 2.39. The van der Waals surface area contributed by atoms with E-state index in [1.54, 1.807) is 47.3 Å². The molecule has 2 aliphatic rings. The lowest BCUT2D eigenvalue weighted by Crippen LogP contribution is -2.19. The van der Waals surface area contributed by atoms with Gasteiger partial charge in [0.15, 0.2) is 40.8 Å². The number of nitrogens with two attached hydrogens (primary N) is 1. The summed E-state index contributed by atoms with van der Waals surface area (Å²) in [6.07, 6.45) is 2.21.